The highest BCUT2D eigenvalue weighted by Crippen LogP contribution is 2.86. The summed E-state index contributed by atoms with van der Waals surface area (Å²) in [6.07, 6.45) is 0. The Kier molecular flexibility index (Phi) is 20.7. The van der Waals surface area contributed by atoms with Gasteiger partial charge < -0.3 is 4.86 Å². The van der Waals surface area contributed by atoms with Crippen molar-refractivity contribution in [1.29, 1.82) is 0 Å². The van der Waals surface area contributed by atoms with E-state index >= 15 is 0 Å². The molecule has 0 saturated heterocycles. The molecule has 48 heavy (non-hydrogen) atoms. The minimum atomic E-state index is -3.40. The van der Waals surface area contributed by atoms with Crippen LogP contribution < -0.4 is 4.42 Å². The molecule has 2 rings (SSSR count). The van der Waals surface area contributed by atoms with E-state index < -0.39 is 45.0 Å². The molecule has 0 aromatic rings. The highest BCUT2D eigenvalue weighted by Gasteiger charge is 2.40. The minimum absolute atomic E-state index is 2.14. The van der Waals surface area contributed by atoms with Gasteiger partial charge in [0.05, 0.1) is 69.0 Å². The number of hydrogen-bond acceptors (Lipinski definition) is 25. The lowest BCUT2D eigenvalue weighted by Crippen LogP contribution is -1.86. The van der Waals surface area contributed by atoms with Crippen LogP contribution in [0.25, 0.3) is 4.86 Å². The summed E-state index contributed by atoms with van der Waals surface area (Å²) in [4.78, 5) is 4.25. The second kappa shape index (κ2) is 22.1. The summed E-state index contributed by atoms with van der Waals surface area (Å²) in [6.45, 7) is 0. The van der Waals surface area contributed by atoms with E-state index in [2.05, 4.69) is 293 Å². The van der Waals surface area contributed by atoms with Crippen LogP contribution in [0.5, 0.6) is 0 Å². The Bertz CT molecular complexity index is 2100. The average molecular weight is 967 g/mol. The first-order valence-electron chi connectivity index (χ1n) is 9.93. The van der Waals surface area contributed by atoms with Gasteiger partial charge in [0.1, 0.15) is 15.0 Å². The van der Waals surface area contributed by atoms with Gasteiger partial charge in [-0.25, -0.2) is 0 Å². The summed E-state index contributed by atoms with van der Waals surface area (Å²) in [5.41, 5.74) is 0. The molecular weight excluding hydrogens is 967 g/mol. The first-order valence-corrected chi connectivity index (χ1v) is 24.4. The number of thiocarbonyl (C=S) groups is 12. The number of isothiocyanates is 12. The molecule has 240 valence electrons. The molecule has 0 amide bonds. The smallest absolute Gasteiger partial charge is 0.501 e. The summed E-state index contributed by atoms with van der Waals surface area (Å²) in [6, 6.07) is 0. The molecule has 2 aliphatic heterocycles. The van der Waals surface area contributed by atoms with Gasteiger partial charge in [-0.2, -0.15) is 32.6 Å². The van der Waals surface area contributed by atoms with Crippen LogP contribution in [-0.4, -0.2) is 61.9 Å². The zero-order valence-electron chi connectivity index (χ0n) is 21.6. The van der Waals surface area contributed by atoms with Gasteiger partial charge in [0.15, 0.2) is 0 Å². The summed E-state index contributed by atoms with van der Waals surface area (Å²) >= 11 is 55.5. The summed E-state index contributed by atoms with van der Waals surface area (Å²) in [7, 11) is -20.4. The molecule has 0 spiro atoms. The minimum Gasteiger partial charge on any atom is -0.501 e. The van der Waals surface area contributed by atoms with Gasteiger partial charge in [-0.15, -0.1) is 37.6 Å². The van der Waals surface area contributed by atoms with E-state index in [1.807, 2.05) is 0 Å². The predicted octanol–water partition coefficient (Wildman–Crippen LogP) is 12.4. The van der Waals surface area contributed by atoms with E-state index in [0.717, 1.165) is 0 Å². The molecule has 2 aliphatic rings. The van der Waals surface area contributed by atoms with Gasteiger partial charge in [-0.05, 0) is 134 Å². The highest BCUT2D eigenvalue weighted by molar-refractivity contribution is 7.94. The van der Waals surface area contributed by atoms with Crippen molar-refractivity contribution in [1.82, 2.24) is 4.42 Å². The molecule has 0 aromatic heterocycles. The van der Waals surface area contributed by atoms with Gasteiger partial charge in [-0.3, -0.25) is 0 Å². The molecule has 0 aromatic carbocycles. The predicted molar refractivity (Wildman–Crippen MR) is 237 cm³/mol. The number of nitrogens with zero attached hydrogens (tertiary/aromatic N) is 18. The Morgan fingerprint density at radius 1 is 0.354 bits per heavy atom. The first kappa shape index (κ1) is 45.1. The van der Waals surface area contributed by atoms with Crippen molar-refractivity contribution < 1.29 is 0 Å². The van der Waals surface area contributed by atoms with E-state index in [1.165, 1.54) is 0 Å². The normalized spacial score (nSPS) is 29.6. The molecule has 0 bridgehead atoms. The highest BCUT2D eigenvalue weighted by atomic mass is 32.1. The third-order valence-electron chi connectivity index (χ3n) is 3.54. The quantitative estimate of drug-likeness (QED) is 0.0815. The Labute approximate surface area is 334 Å². The molecular formula is C12N18P6S12. The number of hydrogen-bond donors (Lipinski definition) is 0. The Hall–Kier alpha value is -0.950. The fraction of sp³-hybridized carbons (Fsp3) is 0. The van der Waals surface area contributed by atoms with Crippen molar-refractivity contribution in [2.75, 3.05) is 0 Å². The maximum atomic E-state index is 4.62. The molecule has 18 nitrogen and oxygen atoms in total. The van der Waals surface area contributed by atoms with E-state index in [9.17, 15) is 0 Å². The topological polar surface area (TPSA) is 226 Å². The van der Waals surface area contributed by atoms with Gasteiger partial charge in [0.25, 0.3) is 0 Å². The molecule has 2 heterocycles. The van der Waals surface area contributed by atoms with Crippen LogP contribution in [0, 0.1) is 0 Å². The van der Waals surface area contributed by atoms with Crippen LogP contribution in [0.3, 0.4) is 0 Å². The monoisotopic (exact) mass is 966 g/mol. The van der Waals surface area contributed by atoms with Gasteiger partial charge in [0, 0.05) is 4.42 Å². The van der Waals surface area contributed by atoms with E-state index in [0.29, 0.717) is 0 Å². The van der Waals surface area contributed by atoms with Gasteiger partial charge in [-0.1, -0.05) is 4.76 Å². The van der Waals surface area contributed by atoms with E-state index in [-0.39, 0.29) is 0 Å². The van der Waals surface area contributed by atoms with Crippen LogP contribution in [0.15, 0.2) is 75.0 Å². The van der Waals surface area contributed by atoms with E-state index in [4.69, 9.17) is 0 Å². The Balaban J connectivity index is 0.000000480. The largest absolute Gasteiger partial charge is 0.589 e. The van der Waals surface area contributed by atoms with Crippen molar-refractivity contribution in [3.63, 3.8) is 0 Å². The Morgan fingerprint density at radius 2 is 0.604 bits per heavy atom. The Morgan fingerprint density at radius 3 is 0.812 bits per heavy atom. The van der Waals surface area contributed by atoms with Crippen molar-refractivity contribution >= 4 is 254 Å². The maximum absolute atomic E-state index is 4.62. The molecule has 0 fully saturated rings. The third kappa shape index (κ3) is 12.7. The van der Waals surface area contributed by atoms with Crippen molar-refractivity contribution in [2.45, 2.75) is 0 Å². The SMILES string of the molecule is S=C=NP1(N=C=S)=NP(N=C=S)(=[N+]=C=S)N=P(N=C=S)(N=C=S)[N-]1.S=C=NP1(N=C=S)=NP(N=C=S)(N=C=S)=NP(N=C=S)(N=C=S)=N1. The third-order valence-corrected chi connectivity index (χ3v) is 22.2. The molecule has 0 unspecified atom stereocenters. The lowest BCUT2D eigenvalue weighted by molar-refractivity contribution is 1.47. The average Bonchev–Trinajstić information content (AvgIpc) is 2.98. The van der Waals surface area contributed by atoms with Gasteiger partial charge in [0.2, 0.25) is 0 Å². The van der Waals surface area contributed by atoms with Crippen LogP contribution in [0.1, 0.15) is 0 Å². The summed E-state index contributed by atoms with van der Waals surface area (Å²) < 4.78 is 67.8. The standard InChI is InChI=1S/2C6N9P3S6/c2*19-1-7-16(8-2-20)13-17(9-3-21,10-4-22)15-18(14-16,11-5-23)12-6-24. The molecule has 36 heteroatoms. The lowest BCUT2D eigenvalue weighted by Gasteiger charge is -2.35. The second-order valence-electron chi connectivity index (χ2n) is 6.05. The van der Waals surface area contributed by atoms with Crippen LogP contribution in [0.4, 0.5) is 0 Å². The zero-order valence-corrected chi connectivity index (χ0v) is 36.8. The maximum Gasteiger partial charge on any atom is 0.589 e. The first-order chi connectivity index (χ1) is 23.0. The van der Waals surface area contributed by atoms with Crippen LogP contribution in [0.2, 0.25) is 0 Å². The van der Waals surface area contributed by atoms with Gasteiger partial charge >= 0.3 is 35.2 Å². The summed E-state index contributed by atoms with van der Waals surface area (Å²) in [5, 5.41) is 25.7. The van der Waals surface area contributed by atoms with Crippen LogP contribution >= 0.6 is 192 Å². The molecule has 0 aliphatic carbocycles. The lowest BCUT2D eigenvalue weighted by atomic mass is 11.8. The molecule has 0 atom stereocenters. The van der Waals surface area contributed by atoms with Crippen molar-refractivity contribution in [3.8, 4) is 0 Å². The molecule has 0 saturated carbocycles. The van der Waals surface area contributed by atoms with E-state index in [1.54, 1.807) is 0 Å². The van der Waals surface area contributed by atoms with Crippen LogP contribution in [-0.2, 0) is 0 Å². The fourth-order valence-electron chi connectivity index (χ4n) is 2.34. The fourth-order valence-corrected chi connectivity index (χ4v) is 22.2. The zero-order chi connectivity index (χ0) is 36.2. The summed E-state index contributed by atoms with van der Waals surface area (Å²) in [5.74, 6) is 0. The van der Waals surface area contributed by atoms with Crippen molar-refractivity contribution in [3.05, 3.63) is 4.86 Å². The molecule has 0 N–H and O–H groups in total. The second-order valence-corrected chi connectivity index (χ2v) is 21.4. The number of rotatable bonds is 11. The van der Waals surface area contributed by atoms with Crippen molar-refractivity contribution in [2.24, 2.45) is 75.0 Å². The molecule has 0 radical (unpaired) electrons.